The van der Waals surface area contributed by atoms with Gasteiger partial charge in [-0.1, -0.05) is 30.3 Å². The first-order valence-electron chi connectivity index (χ1n) is 7.76. The summed E-state index contributed by atoms with van der Waals surface area (Å²) in [5.74, 6) is 0.396. The summed E-state index contributed by atoms with van der Waals surface area (Å²) in [4.78, 5) is 7.01. The smallest absolute Gasteiger partial charge is 0.126 e. The highest BCUT2D eigenvalue weighted by Gasteiger charge is 2.16. The van der Waals surface area contributed by atoms with E-state index in [4.69, 9.17) is 9.72 Å². The van der Waals surface area contributed by atoms with Gasteiger partial charge in [0.1, 0.15) is 18.2 Å². The fraction of sp³-hybridized carbons (Fsp3) is 0.211. The van der Waals surface area contributed by atoms with E-state index in [-0.39, 0.29) is 5.82 Å². The van der Waals surface area contributed by atoms with Crippen molar-refractivity contribution in [2.75, 3.05) is 13.2 Å². The lowest BCUT2D eigenvalue weighted by atomic mass is 10.1. The Balaban J connectivity index is 1.56. The molecule has 0 atom stereocenters. The maximum Gasteiger partial charge on any atom is 0.126 e. The highest BCUT2D eigenvalue weighted by molar-refractivity contribution is 5.78. The van der Waals surface area contributed by atoms with Crippen LogP contribution >= 0.6 is 0 Å². The number of pyridine rings is 1. The molecule has 0 saturated heterocycles. The Morgan fingerprint density at radius 1 is 1.09 bits per heavy atom. The predicted octanol–water partition coefficient (Wildman–Crippen LogP) is 3.77. The van der Waals surface area contributed by atoms with Gasteiger partial charge in [-0.15, -0.1) is 0 Å². The van der Waals surface area contributed by atoms with Gasteiger partial charge in [-0.25, -0.2) is 4.39 Å². The normalized spacial score (nSPS) is 15.0. The zero-order valence-electron chi connectivity index (χ0n) is 12.7. The van der Waals surface area contributed by atoms with Crippen LogP contribution in [0.3, 0.4) is 0 Å². The molecule has 0 aliphatic carbocycles. The molecule has 1 aliphatic heterocycles. The van der Waals surface area contributed by atoms with Crippen LogP contribution < -0.4 is 4.74 Å². The van der Waals surface area contributed by atoms with Crippen LogP contribution in [0.5, 0.6) is 5.75 Å². The maximum absolute atomic E-state index is 13.3. The minimum atomic E-state index is -0.256. The van der Waals surface area contributed by atoms with Gasteiger partial charge in [-0.05, 0) is 18.2 Å². The van der Waals surface area contributed by atoms with E-state index in [0.717, 1.165) is 41.8 Å². The van der Waals surface area contributed by atoms with Crippen molar-refractivity contribution in [3.8, 4) is 5.75 Å². The Bertz CT molecular complexity index is 850. The Labute approximate surface area is 134 Å². The van der Waals surface area contributed by atoms with E-state index in [2.05, 4.69) is 23.1 Å². The molecule has 116 valence electrons. The van der Waals surface area contributed by atoms with E-state index in [0.29, 0.717) is 12.4 Å². The number of hydrogen-bond donors (Lipinski definition) is 0. The first-order valence-corrected chi connectivity index (χ1v) is 7.76. The van der Waals surface area contributed by atoms with Crippen molar-refractivity contribution in [3.05, 3.63) is 71.7 Å². The molecule has 1 aliphatic rings. The van der Waals surface area contributed by atoms with Crippen LogP contribution in [-0.2, 0) is 13.1 Å². The van der Waals surface area contributed by atoms with Crippen LogP contribution in [0.25, 0.3) is 10.9 Å². The van der Waals surface area contributed by atoms with E-state index in [1.807, 2.05) is 18.2 Å². The van der Waals surface area contributed by atoms with Gasteiger partial charge in [0.15, 0.2) is 0 Å². The lowest BCUT2D eigenvalue weighted by Crippen LogP contribution is -2.25. The predicted molar refractivity (Wildman–Crippen MR) is 87.8 cm³/mol. The molecule has 0 fully saturated rings. The van der Waals surface area contributed by atoms with Gasteiger partial charge in [0, 0.05) is 36.7 Å². The second kappa shape index (κ2) is 5.97. The second-order valence-corrected chi connectivity index (χ2v) is 5.81. The highest BCUT2D eigenvalue weighted by atomic mass is 19.1. The van der Waals surface area contributed by atoms with E-state index in [1.54, 1.807) is 6.07 Å². The quantitative estimate of drug-likeness (QED) is 0.720. The van der Waals surface area contributed by atoms with Crippen LogP contribution in [0.2, 0.25) is 0 Å². The number of hydrogen-bond acceptors (Lipinski definition) is 3. The van der Waals surface area contributed by atoms with Crippen molar-refractivity contribution in [2.24, 2.45) is 0 Å². The molecule has 23 heavy (non-hydrogen) atoms. The van der Waals surface area contributed by atoms with E-state index < -0.39 is 0 Å². The van der Waals surface area contributed by atoms with Crippen molar-refractivity contribution in [2.45, 2.75) is 13.1 Å². The monoisotopic (exact) mass is 308 g/mol. The fourth-order valence-electron chi connectivity index (χ4n) is 2.96. The zero-order valence-corrected chi connectivity index (χ0v) is 12.7. The van der Waals surface area contributed by atoms with Crippen LogP contribution in [0.4, 0.5) is 4.39 Å². The fourth-order valence-corrected chi connectivity index (χ4v) is 2.96. The number of ether oxygens (including phenoxy) is 1. The van der Waals surface area contributed by atoms with Crippen molar-refractivity contribution >= 4 is 10.9 Å². The van der Waals surface area contributed by atoms with Crippen molar-refractivity contribution in [3.63, 3.8) is 0 Å². The number of para-hydroxylation sites is 1. The van der Waals surface area contributed by atoms with Crippen LogP contribution in [0.15, 0.2) is 54.6 Å². The lowest BCUT2D eigenvalue weighted by molar-refractivity contribution is 0.218. The molecule has 1 aromatic heterocycles. The molecule has 0 saturated carbocycles. The van der Waals surface area contributed by atoms with Gasteiger partial charge in [-0.2, -0.15) is 0 Å². The molecular weight excluding hydrogens is 291 g/mol. The third kappa shape index (κ3) is 3.03. The minimum Gasteiger partial charge on any atom is -0.492 e. The summed E-state index contributed by atoms with van der Waals surface area (Å²) in [6.45, 7) is 2.85. The Kier molecular flexibility index (Phi) is 3.67. The zero-order chi connectivity index (χ0) is 15.6. The molecule has 0 unspecified atom stereocenters. The van der Waals surface area contributed by atoms with E-state index >= 15 is 0 Å². The van der Waals surface area contributed by atoms with Crippen LogP contribution in [0, 0.1) is 5.82 Å². The van der Waals surface area contributed by atoms with E-state index in [1.165, 1.54) is 12.1 Å². The summed E-state index contributed by atoms with van der Waals surface area (Å²) >= 11 is 0. The van der Waals surface area contributed by atoms with Crippen LogP contribution in [-0.4, -0.2) is 23.0 Å². The summed E-state index contributed by atoms with van der Waals surface area (Å²) in [5, 5.41) is 1.15. The molecule has 4 rings (SSSR count). The molecule has 0 radical (unpaired) electrons. The molecule has 0 N–H and O–H groups in total. The summed E-state index contributed by atoms with van der Waals surface area (Å²) in [6, 6.07) is 17.0. The molecule has 4 heteroatoms. The van der Waals surface area contributed by atoms with E-state index in [9.17, 15) is 4.39 Å². The summed E-state index contributed by atoms with van der Waals surface area (Å²) in [7, 11) is 0. The molecule has 0 spiro atoms. The molecule has 3 aromatic rings. The maximum atomic E-state index is 13.3. The number of fused-ring (bicyclic) bond motifs is 2. The molecule has 0 amide bonds. The number of nitrogens with zero attached hydrogens (tertiary/aromatic N) is 2. The van der Waals surface area contributed by atoms with Crippen molar-refractivity contribution in [1.29, 1.82) is 0 Å². The average molecular weight is 308 g/mol. The largest absolute Gasteiger partial charge is 0.492 e. The van der Waals surface area contributed by atoms with Crippen LogP contribution in [0.1, 0.15) is 11.3 Å². The molecule has 2 aromatic carbocycles. The first-order chi connectivity index (χ1) is 11.3. The highest BCUT2D eigenvalue weighted by Crippen LogP contribution is 2.25. The number of benzene rings is 2. The summed E-state index contributed by atoms with van der Waals surface area (Å²) in [5.41, 5.74) is 3.07. The topological polar surface area (TPSA) is 25.4 Å². The first kappa shape index (κ1) is 14.2. The number of halogens is 1. The summed E-state index contributed by atoms with van der Waals surface area (Å²) < 4.78 is 19.0. The minimum absolute atomic E-state index is 0.256. The Morgan fingerprint density at radius 3 is 2.96 bits per heavy atom. The third-order valence-corrected chi connectivity index (χ3v) is 4.13. The number of rotatable bonds is 2. The molecule has 3 nitrogen and oxygen atoms in total. The van der Waals surface area contributed by atoms with Crippen molar-refractivity contribution < 1.29 is 9.13 Å². The second-order valence-electron chi connectivity index (χ2n) is 5.81. The van der Waals surface area contributed by atoms with Crippen molar-refractivity contribution in [1.82, 2.24) is 9.88 Å². The van der Waals surface area contributed by atoms with Gasteiger partial charge >= 0.3 is 0 Å². The van der Waals surface area contributed by atoms with Gasteiger partial charge in [-0.3, -0.25) is 9.88 Å². The molecule has 0 bridgehead atoms. The molecular formula is C19H17FN2O. The van der Waals surface area contributed by atoms with Gasteiger partial charge in [0.25, 0.3) is 0 Å². The number of aromatic nitrogens is 1. The Hall–Kier alpha value is -2.46. The van der Waals surface area contributed by atoms with Gasteiger partial charge in [0.05, 0.1) is 11.2 Å². The van der Waals surface area contributed by atoms with Gasteiger partial charge < -0.3 is 4.74 Å². The lowest BCUT2D eigenvalue weighted by Gasteiger charge is -2.19. The average Bonchev–Trinajstić information content (AvgIpc) is 2.76. The van der Waals surface area contributed by atoms with Gasteiger partial charge in [0.2, 0.25) is 0 Å². The third-order valence-electron chi connectivity index (χ3n) is 4.13. The summed E-state index contributed by atoms with van der Waals surface area (Å²) in [6.07, 6.45) is 0. The SMILES string of the molecule is Fc1ccc2c(c1)OCCN(Cc1ccc3ccccc3n1)C2. The molecule has 2 heterocycles. The standard InChI is InChI=1S/C19H17FN2O/c20-16-7-5-15-12-22(9-10-23-19(15)11-16)13-17-8-6-14-3-1-2-4-18(14)21-17/h1-8,11H,9-10,12-13H2. The Morgan fingerprint density at radius 2 is 2.00 bits per heavy atom.